The van der Waals surface area contributed by atoms with Gasteiger partial charge >= 0.3 is 0 Å². The second-order valence-electron chi connectivity index (χ2n) is 22.0. The van der Waals surface area contributed by atoms with E-state index in [0.29, 0.717) is 0 Å². The predicted octanol–water partition coefficient (Wildman–Crippen LogP) is 20.5. The maximum Gasteiger partial charge on any atom is 0.0549 e. The number of aromatic nitrogens is 5. The highest BCUT2D eigenvalue weighted by atomic mass is 15.0. The van der Waals surface area contributed by atoms with E-state index in [1.807, 2.05) is 0 Å². The maximum absolute atomic E-state index is 2.56. The lowest BCUT2D eigenvalue weighted by Gasteiger charge is -2.24. The van der Waals surface area contributed by atoms with E-state index in [2.05, 4.69) is 320 Å². The number of hydrogen-bond donors (Lipinski definition) is 0. The van der Waals surface area contributed by atoms with Crippen LogP contribution in [0.4, 0.5) is 0 Å². The van der Waals surface area contributed by atoms with Gasteiger partial charge in [-0.2, -0.15) is 0 Å². The highest BCUT2D eigenvalue weighted by Gasteiger charge is 2.27. The Hall–Kier alpha value is -11.1. The third-order valence-corrected chi connectivity index (χ3v) is 17.7. The van der Waals surface area contributed by atoms with Crippen LogP contribution in [-0.4, -0.2) is 22.8 Å². The molecule has 18 rings (SSSR count). The lowest BCUT2D eigenvalue weighted by atomic mass is 9.93. The van der Waals surface area contributed by atoms with Crippen molar-refractivity contribution in [2.45, 2.75) is 0 Å². The van der Waals surface area contributed by atoms with E-state index in [4.69, 9.17) is 0 Å². The summed E-state index contributed by atoms with van der Waals surface area (Å²) in [4.78, 5) is 0. The Bertz CT molecular complexity index is 5500. The van der Waals surface area contributed by atoms with Crippen LogP contribution in [0.3, 0.4) is 0 Å². The Balaban J connectivity index is 1.01. The highest BCUT2D eigenvalue weighted by molar-refractivity contribution is 6.16. The van der Waals surface area contributed by atoms with Crippen molar-refractivity contribution in [2.24, 2.45) is 0 Å². The summed E-state index contributed by atoms with van der Waals surface area (Å²) in [7, 11) is 0. The Morgan fingerprint density at radius 1 is 0.145 bits per heavy atom. The van der Waals surface area contributed by atoms with Crippen LogP contribution >= 0.6 is 0 Å². The second-order valence-corrected chi connectivity index (χ2v) is 22.0. The number of para-hydroxylation sites is 11. The molecule has 0 saturated carbocycles. The van der Waals surface area contributed by atoms with Gasteiger partial charge in [-0.1, -0.05) is 200 Å². The van der Waals surface area contributed by atoms with E-state index >= 15 is 0 Å². The molecule has 0 aliphatic heterocycles. The minimum absolute atomic E-state index is 1.07. The van der Waals surface area contributed by atoms with Crippen molar-refractivity contribution in [3.63, 3.8) is 0 Å². The fraction of sp³-hybridized carbons (Fsp3) is 0. The molecule has 5 heterocycles. The number of rotatable bonds is 7. The van der Waals surface area contributed by atoms with Gasteiger partial charge in [0.05, 0.1) is 77.9 Å². The van der Waals surface area contributed by atoms with E-state index < -0.39 is 0 Å². The van der Waals surface area contributed by atoms with Gasteiger partial charge in [0, 0.05) is 81.8 Å². The molecule has 5 nitrogen and oxygen atoms in total. The van der Waals surface area contributed by atoms with Crippen LogP contribution in [0.1, 0.15) is 0 Å². The van der Waals surface area contributed by atoms with E-state index in [1.54, 1.807) is 0 Å². The van der Waals surface area contributed by atoms with Crippen molar-refractivity contribution in [3.8, 4) is 50.7 Å². The van der Waals surface area contributed by atoms with Crippen LogP contribution in [0.2, 0.25) is 0 Å². The van der Waals surface area contributed by atoms with Crippen molar-refractivity contribution in [1.29, 1.82) is 0 Å². The summed E-state index contributed by atoms with van der Waals surface area (Å²) in [5.41, 5.74) is 21.5. The molecule has 5 heteroatoms. The highest BCUT2D eigenvalue weighted by Crippen LogP contribution is 2.48. The summed E-state index contributed by atoms with van der Waals surface area (Å²) in [6, 6.07) is 110. The van der Waals surface area contributed by atoms with Gasteiger partial charge in [0.15, 0.2) is 0 Å². The van der Waals surface area contributed by atoms with Crippen molar-refractivity contribution in [1.82, 2.24) is 22.8 Å². The third-order valence-electron chi connectivity index (χ3n) is 17.7. The lowest BCUT2D eigenvalue weighted by molar-refractivity contribution is 1.13. The van der Waals surface area contributed by atoms with Gasteiger partial charge in [0.1, 0.15) is 0 Å². The van der Waals surface area contributed by atoms with Crippen molar-refractivity contribution in [3.05, 3.63) is 297 Å². The summed E-state index contributed by atoms with van der Waals surface area (Å²) < 4.78 is 12.5. The van der Waals surface area contributed by atoms with Crippen molar-refractivity contribution >= 4 is 109 Å². The van der Waals surface area contributed by atoms with Crippen molar-refractivity contribution < 1.29 is 0 Å². The first kappa shape index (κ1) is 45.7. The molecular weight excluding hydrogens is 1010 g/mol. The first-order valence-corrected chi connectivity index (χ1v) is 28.6. The van der Waals surface area contributed by atoms with Crippen LogP contribution in [-0.2, 0) is 0 Å². The molecule has 0 saturated heterocycles. The molecular formula is C78H49N5. The molecule has 386 valence electrons. The SMILES string of the molecule is c1ccc(-n2c3ccccc3c3ccccc32)c(-c2cc(-n3c4ccccc4c4cc(-n5c6ccccc6c6ccccc65)ccc43)c(-c3ccccc3-n3c4ccccc4c4ccccc43)cc2-n2c3ccccc3c3ccccc32)c1. The van der Waals surface area contributed by atoms with Gasteiger partial charge in [-0.05, 0) is 97.1 Å². The van der Waals surface area contributed by atoms with Gasteiger partial charge in [-0.25, -0.2) is 0 Å². The third kappa shape index (κ3) is 6.53. The fourth-order valence-corrected chi connectivity index (χ4v) is 14.3. The van der Waals surface area contributed by atoms with E-state index in [0.717, 1.165) is 94.8 Å². The van der Waals surface area contributed by atoms with Crippen LogP contribution < -0.4 is 0 Å². The average molecular weight is 1060 g/mol. The zero-order valence-electron chi connectivity index (χ0n) is 45.0. The minimum atomic E-state index is 1.07. The summed E-state index contributed by atoms with van der Waals surface area (Å²) in [6.45, 7) is 0. The molecule has 0 radical (unpaired) electrons. The Kier molecular flexibility index (Phi) is 9.73. The average Bonchev–Trinajstić information content (AvgIpc) is 4.07. The van der Waals surface area contributed by atoms with E-state index in [-0.39, 0.29) is 0 Å². The van der Waals surface area contributed by atoms with Crippen LogP contribution in [0, 0.1) is 0 Å². The molecule has 0 fully saturated rings. The van der Waals surface area contributed by atoms with Crippen LogP contribution in [0.25, 0.3) is 160 Å². The smallest absolute Gasteiger partial charge is 0.0549 e. The predicted molar refractivity (Wildman–Crippen MR) is 349 cm³/mol. The lowest BCUT2D eigenvalue weighted by Crippen LogP contribution is -2.06. The first-order chi connectivity index (χ1) is 41.2. The summed E-state index contributed by atoms with van der Waals surface area (Å²) >= 11 is 0. The second kappa shape index (κ2) is 17.7. The first-order valence-electron chi connectivity index (χ1n) is 28.6. The van der Waals surface area contributed by atoms with Crippen molar-refractivity contribution in [2.75, 3.05) is 0 Å². The summed E-state index contributed by atoms with van der Waals surface area (Å²) in [6.07, 6.45) is 0. The van der Waals surface area contributed by atoms with Gasteiger partial charge in [0.25, 0.3) is 0 Å². The molecule has 0 N–H and O–H groups in total. The number of hydrogen-bond acceptors (Lipinski definition) is 0. The zero-order valence-corrected chi connectivity index (χ0v) is 45.0. The van der Waals surface area contributed by atoms with Gasteiger partial charge in [0.2, 0.25) is 0 Å². The minimum Gasteiger partial charge on any atom is -0.309 e. The quantitative estimate of drug-likeness (QED) is 0.152. The molecule has 0 bridgehead atoms. The number of fused-ring (bicyclic) bond motifs is 15. The van der Waals surface area contributed by atoms with Gasteiger partial charge in [-0.15, -0.1) is 0 Å². The van der Waals surface area contributed by atoms with Gasteiger partial charge < -0.3 is 22.8 Å². The maximum atomic E-state index is 2.56. The topological polar surface area (TPSA) is 24.6 Å². The van der Waals surface area contributed by atoms with Crippen LogP contribution in [0.5, 0.6) is 0 Å². The fourth-order valence-electron chi connectivity index (χ4n) is 14.3. The molecule has 83 heavy (non-hydrogen) atoms. The monoisotopic (exact) mass is 1060 g/mol. The number of benzene rings is 13. The normalized spacial score (nSPS) is 12.1. The molecule has 18 aromatic rings. The molecule has 0 aliphatic rings. The van der Waals surface area contributed by atoms with E-state index in [9.17, 15) is 0 Å². The molecule has 0 spiro atoms. The Morgan fingerprint density at radius 2 is 0.373 bits per heavy atom. The summed E-state index contributed by atoms with van der Waals surface area (Å²) in [5.74, 6) is 0. The molecule has 5 aromatic heterocycles. The molecule has 0 atom stereocenters. The summed E-state index contributed by atoms with van der Waals surface area (Å²) in [5, 5.41) is 12.2. The Labute approximate surface area is 477 Å². The van der Waals surface area contributed by atoms with Gasteiger partial charge in [-0.3, -0.25) is 0 Å². The number of nitrogens with zero attached hydrogens (tertiary/aromatic N) is 5. The molecule has 0 unspecified atom stereocenters. The standard InChI is InChI=1S/C78H49N5/c1-12-34-65-51(23-1)52-24-2-13-35-66(52)79(65)50-45-46-76-62(47-50)59-31-9-22-44-75(59)83(76)78-49-63(60-32-10-20-42-73(60)80-67-36-14-3-25-53(67)54-26-4-15-37-68(54)80)77(82-71-40-18-7-29-57(71)58-30-8-19-41-72(58)82)48-64(78)61-33-11-21-43-74(61)81-69-38-16-5-27-55(69)56-28-6-17-39-70(56)81/h1-49H. The largest absolute Gasteiger partial charge is 0.309 e. The molecule has 0 aliphatic carbocycles. The van der Waals surface area contributed by atoms with Crippen LogP contribution in [0.15, 0.2) is 297 Å². The molecule has 13 aromatic carbocycles. The Morgan fingerprint density at radius 3 is 0.687 bits per heavy atom. The molecule has 0 amide bonds. The zero-order chi connectivity index (χ0) is 54.3. The van der Waals surface area contributed by atoms with E-state index in [1.165, 1.54) is 64.9 Å².